The van der Waals surface area contributed by atoms with Gasteiger partial charge in [0.1, 0.15) is 0 Å². The highest BCUT2D eigenvalue weighted by Crippen LogP contribution is 2.21. The van der Waals surface area contributed by atoms with E-state index in [9.17, 15) is 0 Å². The highest BCUT2D eigenvalue weighted by molar-refractivity contribution is 7.07. The van der Waals surface area contributed by atoms with Crippen LogP contribution in [0.2, 0.25) is 0 Å². The van der Waals surface area contributed by atoms with E-state index in [1.807, 2.05) is 19.4 Å². The highest BCUT2D eigenvalue weighted by Gasteiger charge is 2.11. The van der Waals surface area contributed by atoms with Gasteiger partial charge in [0.05, 0.1) is 0 Å². The summed E-state index contributed by atoms with van der Waals surface area (Å²) in [6.45, 7) is 2.14. The van der Waals surface area contributed by atoms with Crippen LogP contribution in [0.3, 0.4) is 0 Å². The molecule has 2 nitrogen and oxygen atoms in total. The van der Waals surface area contributed by atoms with E-state index in [1.54, 1.807) is 11.3 Å². The Hall–Kier alpha value is -1.19. The molecule has 0 saturated carbocycles. The zero-order valence-electron chi connectivity index (χ0n) is 10.3. The van der Waals surface area contributed by atoms with Crippen LogP contribution >= 0.6 is 11.3 Å². The summed E-state index contributed by atoms with van der Waals surface area (Å²) in [5.41, 5.74) is 4.05. The first-order valence-corrected chi connectivity index (χ1v) is 6.84. The van der Waals surface area contributed by atoms with Crippen molar-refractivity contribution in [3.63, 3.8) is 0 Å². The molecule has 0 saturated heterocycles. The maximum Gasteiger partial charge on any atom is 0.0338 e. The van der Waals surface area contributed by atoms with Crippen molar-refractivity contribution in [2.45, 2.75) is 25.8 Å². The number of hydrogen-bond acceptors (Lipinski definition) is 3. The van der Waals surface area contributed by atoms with E-state index in [0.717, 1.165) is 12.8 Å². The van der Waals surface area contributed by atoms with Gasteiger partial charge in [-0.3, -0.25) is 4.98 Å². The minimum absolute atomic E-state index is 0.392. The van der Waals surface area contributed by atoms with Crippen molar-refractivity contribution in [3.05, 3.63) is 52.0 Å². The maximum absolute atomic E-state index is 4.22. The first-order valence-electron chi connectivity index (χ1n) is 5.90. The normalized spacial score (nSPS) is 12.6. The number of rotatable bonds is 5. The Labute approximate surface area is 107 Å². The second-order valence-electron chi connectivity index (χ2n) is 4.24. The molecule has 0 aromatic carbocycles. The Kier molecular flexibility index (Phi) is 4.29. The molecule has 3 heteroatoms. The molecule has 0 aliphatic rings. The number of pyridine rings is 1. The molecule has 1 N–H and O–H groups in total. The summed E-state index contributed by atoms with van der Waals surface area (Å²) in [4.78, 5) is 4.22. The summed E-state index contributed by atoms with van der Waals surface area (Å²) in [7, 11) is 2.02. The summed E-state index contributed by atoms with van der Waals surface area (Å²) in [5.74, 6) is 0. The molecule has 17 heavy (non-hydrogen) atoms. The van der Waals surface area contributed by atoms with Gasteiger partial charge in [0.2, 0.25) is 0 Å². The van der Waals surface area contributed by atoms with E-state index in [2.05, 4.69) is 40.1 Å². The van der Waals surface area contributed by atoms with Crippen molar-refractivity contribution in [1.82, 2.24) is 10.3 Å². The standard InChI is InChI=1S/C14H18N2S/c1-11-5-7-16-9-13(11)14(15-2)4-3-12-6-8-17-10-12/h5-10,14-15H,3-4H2,1-2H3. The largest absolute Gasteiger partial charge is 0.313 e. The van der Waals surface area contributed by atoms with Gasteiger partial charge in [-0.2, -0.15) is 11.3 Å². The third-order valence-corrected chi connectivity index (χ3v) is 3.84. The van der Waals surface area contributed by atoms with Crippen molar-refractivity contribution in [2.75, 3.05) is 7.05 Å². The first kappa shape index (κ1) is 12.3. The summed E-state index contributed by atoms with van der Waals surface area (Å²) in [5, 5.41) is 7.75. The molecular weight excluding hydrogens is 228 g/mol. The van der Waals surface area contributed by atoms with Gasteiger partial charge in [0.25, 0.3) is 0 Å². The van der Waals surface area contributed by atoms with Gasteiger partial charge in [0, 0.05) is 18.4 Å². The lowest BCUT2D eigenvalue weighted by Gasteiger charge is -2.17. The smallest absolute Gasteiger partial charge is 0.0338 e. The molecule has 0 amide bonds. The Morgan fingerprint density at radius 1 is 1.41 bits per heavy atom. The summed E-state index contributed by atoms with van der Waals surface area (Å²) >= 11 is 1.77. The predicted molar refractivity (Wildman–Crippen MR) is 73.4 cm³/mol. The van der Waals surface area contributed by atoms with E-state index >= 15 is 0 Å². The molecule has 1 unspecified atom stereocenters. The molecule has 0 fully saturated rings. The number of nitrogens with one attached hydrogen (secondary N) is 1. The highest BCUT2D eigenvalue weighted by atomic mass is 32.1. The lowest BCUT2D eigenvalue weighted by molar-refractivity contribution is 0.545. The van der Waals surface area contributed by atoms with E-state index in [0.29, 0.717) is 6.04 Å². The Bertz CT molecular complexity index is 451. The lowest BCUT2D eigenvalue weighted by atomic mass is 9.98. The molecule has 1 atom stereocenters. The van der Waals surface area contributed by atoms with Crippen LogP contribution in [0.1, 0.15) is 29.2 Å². The number of nitrogens with zero attached hydrogens (tertiary/aromatic N) is 1. The second kappa shape index (κ2) is 5.94. The molecule has 0 aliphatic carbocycles. The Balaban J connectivity index is 2.04. The fourth-order valence-corrected chi connectivity index (χ4v) is 2.75. The average molecular weight is 246 g/mol. The van der Waals surface area contributed by atoms with Gasteiger partial charge in [-0.25, -0.2) is 0 Å². The SMILES string of the molecule is CNC(CCc1ccsc1)c1cnccc1C. The molecule has 2 rings (SSSR count). The van der Waals surface area contributed by atoms with E-state index < -0.39 is 0 Å². The third-order valence-electron chi connectivity index (χ3n) is 3.11. The van der Waals surface area contributed by atoms with Crippen molar-refractivity contribution >= 4 is 11.3 Å². The minimum atomic E-state index is 0.392. The van der Waals surface area contributed by atoms with Crippen LogP contribution in [-0.2, 0) is 6.42 Å². The molecule has 0 aliphatic heterocycles. The Morgan fingerprint density at radius 3 is 2.94 bits per heavy atom. The quantitative estimate of drug-likeness (QED) is 0.875. The Morgan fingerprint density at radius 2 is 2.29 bits per heavy atom. The van der Waals surface area contributed by atoms with Crippen molar-refractivity contribution in [3.8, 4) is 0 Å². The third kappa shape index (κ3) is 3.14. The van der Waals surface area contributed by atoms with Crippen molar-refractivity contribution in [2.24, 2.45) is 0 Å². The van der Waals surface area contributed by atoms with E-state index in [-0.39, 0.29) is 0 Å². The molecule has 0 spiro atoms. The molecule has 0 bridgehead atoms. The van der Waals surface area contributed by atoms with Gasteiger partial charge < -0.3 is 5.32 Å². The zero-order valence-corrected chi connectivity index (χ0v) is 11.1. The predicted octanol–water partition coefficient (Wildman–Crippen LogP) is 3.34. The van der Waals surface area contributed by atoms with Crippen molar-refractivity contribution in [1.29, 1.82) is 0 Å². The summed E-state index contributed by atoms with van der Waals surface area (Å²) in [6.07, 6.45) is 6.05. The number of aryl methyl sites for hydroxylation is 2. The lowest BCUT2D eigenvalue weighted by Crippen LogP contribution is -2.18. The maximum atomic E-state index is 4.22. The van der Waals surface area contributed by atoms with Crippen LogP contribution in [0.4, 0.5) is 0 Å². The van der Waals surface area contributed by atoms with Crippen molar-refractivity contribution < 1.29 is 0 Å². The van der Waals surface area contributed by atoms with Gasteiger partial charge in [-0.15, -0.1) is 0 Å². The van der Waals surface area contributed by atoms with Gasteiger partial charge in [-0.1, -0.05) is 0 Å². The molecular formula is C14H18N2S. The molecule has 90 valence electrons. The summed E-state index contributed by atoms with van der Waals surface area (Å²) < 4.78 is 0. The minimum Gasteiger partial charge on any atom is -0.313 e. The van der Waals surface area contributed by atoms with Crippen LogP contribution in [0, 0.1) is 6.92 Å². The zero-order chi connectivity index (χ0) is 12.1. The van der Waals surface area contributed by atoms with E-state index in [1.165, 1.54) is 16.7 Å². The number of thiophene rings is 1. The summed E-state index contributed by atoms with van der Waals surface area (Å²) in [6, 6.07) is 4.67. The molecule has 2 heterocycles. The van der Waals surface area contributed by atoms with Crippen LogP contribution in [0.15, 0.2) is 35.3 Å². The van der Waals surface area contributed by atoms with Crippen LogP contribution in [0.5, 0.6) is 0 Å². The van der Waals surface area contributed by atoms with E-state index in [4.69, 9.17) is 0 Å². The topological polar surface area (TPSA) is 24.9 Å². The monoisotopic (exact) mass is 246 g/mol. The first-order chi connectivity index (χ1) is 8.31. The van der Waals surface area contributed by atoms with Crippen LogP contribution in [-0.4, -0.2) is 12.0 Å². The average Bonchev–Trinajstić information content (AvgIpc) is 2.85. The molecule has 2 aromatic rings. The fraction of sp³-hybridized carbons (Fsp3) is 0.357. The van der Waals surface area contributed by atoms with Crippen LogP contribution < -0.4 is 5.32 Å². The van der Waals surface area contributed by atoms with Crippen LogP contribution in [0.25, 0.3) is 0 Å². The fourth-order valence-electron chi connectivity index (χ4n) is 2.04. The number of hydrogen-bond donors (Lipinski definition) is 1. The van der Waals surface area contributed by atoms with Gasteiger partial charge >= 0.3 is 0 Å². The number of aromatic nitrogens is 1. The molecule has 0 radical (unpaired) electrons. The molecule has 2 aromatic heterocycles. The van der Waals surface area contributed by atoms with Gasteiger partial charge in [0.15, 0.2) is 0 Å². The second-order valence-corrected chi connectivity index (χ2v) is 5.02. The van der Waals surface area contributed by atoms with Gasteiger partial charge in [-0.05, 0) is 66.4 Å².